The molecule has 2 unspecified atom stereocenters. The van der Waals surface area contributed by atoms with E-state index < -0.39 is 5.54 Å². The minimum Gasteiger partial charge on any atom is -0.297 e. The molecule has 3 heterocycles. The third-order valence-electron chi connectivity index (χ3n) is 3.49. The molecule has 1 aromatic rings. The molecule has 1 radical (unpaired) electrons. The molecule has 15 heavy (non-hydrogen) atoms. The smallest absolute Gasteiger partial charge is 0.198 e. The second-order valence-electron chi connectivity index (χ2n) is 4.29. The number of hydrogen-bond acceptors (Lipinski definition) is 4. The average Bonchev–Trinajstić information content (AvgIpc) is 2.66. The standard InChI is InChI=1S/C11H12N3O/c15-10-2-1-8-3-5-11(10,14-8)9-4-6-12-7-13-9/h4,6,8,14H,1-3,5H2. The first-order chi connectivity index (χ1) is 7.31. The van der Waals surface area contributed by atoms with Gasteiger partial charge in [0.15, 0.2) is 12.1 Å². The second-order valence-corrected chi connectivity index (χ2v) is 4.29. The molecule has 3 rings (SSSR count). The van der Waals surface area contributed by atoms with Gasteiger partial charge >= 0.3 is 0 Å². The summed E-state index contributed by atoms with van der Waals surface area (Å²) in [4.78, 5) is 19.9. The Labute approximate surface area is 88.1 Å². The van der Waals surface area contributed by atoms with Gasteiger partial charge in [-0.2, -0.15) is 0 Å². The first-order valence-electron chi connectivity index (χ1n) is 5.32. The van der Waals surface area contributed by atoms with Crippen molar-refractivity contribution in [3.63, 3.8) is 0 Å². The molecule has 2 bridgehead atoms. The fourth-order valence-electron chi connectivity index (χ4n) is 2.68. The topological polar surface area (TPSA) is 54.9 Å². The van der Waals surface area contributed by atoms with Crippen molar-refractivity contribution in [1.29, 1.82) is 0 Å². The third kappa shape index (κ3) is 1.21. The number of carbonyl (C=O) groups excluding carboxylic acids is 1. The molecule has 2 saturated heterocycles. The molecule has 0 aliphatic carbocycles. The Bertz CT molecular complexity index is 392. The van der Waals surface area contributed by atoms with Crippen LogP contribution in [0.15, 0.2) is 12.3 Å². The lowest BCUT2D eigenvalue weighted by molar-refractivity contribution is -0.127. The van der Waals surface area contributed by atoms with Gasteiger partial charge in [-0.25, -0.2) is 9.97 Å². The number of Topliss-reactive ketones (excluding diaryl/α,β-unsaturated/α-hetero) is 1. The zero-order valence-corrected chi connectivity index (χ0v) is 8.36. The molecule has 0 saturated carbocycles. The van der Waals surface area contributed by atoms with Gasteiger partial charge < -0.3 is 0 Å². The van der Waals surface area contributed by atoms with Gasteiger partial charge in [-0.05, 0) is 25.3 Å². The van der Waals surface area contributed by atoms with Crippen LogP contribution in [0.3, 0.4) is 0 Å². The molecule has 0 amide bonds. The molecule has 2 fully saturated rings. The van der Waals surface area contributed by atoms with Crippen LogP contribution in [0.25, 0.3) is 0 Å². The van der Waals surface area contributed by atoms with Crippen molar-refractivity contribution in [3.05, 3.63) is 24.3 Å². The van der Waals surface area contributed by atoms with Crippen molar-refractivity contribution in [2.45, 2.75) is 37.3 Å². The molecule has 2 aliphatic rings. The summed E-state index contributed by atoms with van der Waals surface area (Å²) in [6, 6.07) is 2.30. The SMILES string of the molecule is O=C1CCC2CCC1(c1ccn[c]n1)N2. The molecule has 77 valence electrons. The summed E-state index contributed by atoms with van der Waals surface area (Å²) in [5.74, 6) is 0.267. The van der Waals surface area contributed by atoms with Gasteiger partial charge in [0.25, 0.3) is 0 Å². The fourth-order valence-corrected chi connectivity index (χ4v) is 2.68. The van der Waals surface area contributed by atoms with Crippen molar-refractivity contribution >= 4 is 5.78 Å². The predicted octanol–water partition coefficient (Wildman–Crippen LogP) is 0.587. The van der Waals surface area contributed by atoms with Crippen LogP contribution in [0.2, 0.25) is 0 Å². The van der Waals surface area contributed by atoms with Crippen molar-refractivity contribution in [3.8, 4) is 0 Å². The van der Waals surface area contributed by atoms with E-state index in [0.717, 1.165) is 25.0 Å². The Morgan fingerprint density at radius 2 is 2.47 bits per heavy atom. The van der Waals surface area contributed by atoms with Crippen molar-refractivity contribution < 1.29 is 4.79 Å². The molecule has 1 N–H and O–H groups in total. The lowest BCUT2D eigenvalue weighted by Crippen LogP contribution is -2.51. The predicted molar refractivity (Wildman–Crippen MR) is 52.9 cm³/mol. The maximum Gasteiger partial charge on any atom is 0.198 e. The molecule has 0 aromatic carbocycles. The minimum absolute atomic E-state index is 0.267. The van der Waals surface area contributed by atoms with E-state index in [-0.39, 0.29) is 5.78 Å². The first kappa shape index (κ1) is 8.97. The number of hydrogen-bond donors (Lipinski definition) is 1. The molecule has 2 atom stereocenters. The largest absolute Gasteiger partial charge is 0.297 e. The number of piperidine rings is 1. The highest BCUT2D eigenvalue weighted by Crippen LogP contribution is 2.39. The summed E-state index contributed by atoms with van der Waals surface area (Å²) in [6.45, 7) is 0. The van der Waals surface area contributed by atoms with Crippen molar-refractivity contribution in [2.75, 3.05) is 0 Å². The Kier molecular flexibility index (Phi) is 1.85. The van der Waals surface area contributed by atoms with Crippen LogP contribution in [0, 0.1) is 6.33 Å². The molecule has 0 spiro atoms. The van der Waals surface area contributed by atoms with Gasteiger partial charge in [0.2, 0.25) is 0 Å². The summed E-state index contributed by atoms with van der Waals surface area (Å²) in [7, 11) is 0. The van der Waals surface area contributed by atoms with Gasteiger partial charge in [0.1, 0.15) is 5.54 Å². The molecular weight excluding hydrogens is 190 g/mol. The Morgan fingerprint density at radius 1 is 1.53 bits per heavy atom. The number of fused-ring (bicyclic) bond motifs is 2. The lowest BCUT2D eigenvalue weighted by Gasteiger charge is -2.32. The Morgan fingerprint density at radius 3 is 3.27 bits per heavy atom. The fraction of sp³-hybridized carbons (Fsp3) is 0.545. The van der Waals surface area contributed by atoms with Crippen LogP contribution in [0.5, 0.6) is 0 Å². The van der Waals surface area contributed by atoms with Gasteiger partial charge in [-0.3, -0.25) is 10.1 Å². The Hall–Kier alpha value is -1.29. The zero-order chi connectivity index (χ0) is 10.3. The third-order valence-corrected chi connectivity index (χ3v) is 3.49. The highest BCUT2D eigenvalue weighted by molar-refractivity contribution is 5.90. The first-order valence-corrected chi connectivity index (χ1v) is 5.32. The van der Waals surface area contributed by atoms with Crippen LogP contribution in [0.4, 0.5) is 0 Å². The van der Waals surface area contributed by atoms with Crippen LogP contribution in [-0.4, -0.2) is 21.8 Å². The Balaban J connectivity index is 2.06. The number of aromatic nitrogens is 2. The van der Waals surface area contributed by atoms with E-state index in [0.29, 0.717) is 12.5 Å². The maximum atomic E-state index is 12.0. The van der Waals surface area contributed by atoms with Gasteiger partial charge in [-0.1, -0.05) is 0 Å². The van der Waals surface area contributed by atoms with E-state index in [4.69, 9.17) is 0 Å². The average molecular weight is 202 g/mol. The molecule has 4 heteroatoms. The monoisotopic (exact) mass is 202 g/mol. The summed E-state index contributed by atoms with van der Waals surface area (Å²) < 4.78 is 0. The zero-order valence-electron chi connectivity index (χ0n) is 8.36. The molecule has 1 aromatic heterocycles. The number of nitrogens with one attached hydrogen (secondary N) is 1. The van der Waals surface area contributed by atoms with E-state index in [1.807, 2.05) is 6.07 Å². The van der Waals surface area contributed by atoms with Crippen LogP contribution in [-0.2, 0) is 10.3 Å². The molecule has 4 nitrogen and oxygen atoms in total. The quantitative estimate of drug-likeness (QED) is 0.724. The molecule has 2 aliphatic heterocycles. The number of carbonyl (C=O) groups is 1. The highest BCUT2D eigenvalue weighted by Gasteiger charge is 2.49. The van der Waals surface area contributed by atoms with Crippen molar-refractivity contribution in [2.24, 2.45) is 0 Å². The molecular formula is C11H12N3O. The van der Waals surface area contributed by atoms with E-state index in [9.17, 15) is 4.79 Å². The summed E-state index contributed by atoms with van der Waals surface area (Å²) >= 11 is 0. The summed E-state index contributed by atoms with van der Waals surface area (Å²) in [5, 5.41) is 3.41. The van der Waals surface area contributed by atoms with Gasteiger partial charge in [0.05, 0.1) is 5.69 Å². The normalized spacial score (nSPS) is 34.4. The van der Waals surface area contributed by atoms with E-state index in [1.54, 1.807) is 6.20 Å². The summed E-state index contributed by atoms with van der Waals surface area (Å²) in [5.41, 5.74) is 0.257. The minimum atomic E-state index is -0.525. The number of nitrogens with zero attached hydrogens (tertiary/aromatic N) is 2. The van der Waals surface area contributed by atoms with E-state index in [1.165, 1.54) is 0 Å². The number of rotatable bonds is 1. The second kappa shape index (κ2) is 3.10. The van der Waals surface area contributed by atoms with Crippen LogP contribution < -0.4 is 5.32 Å². The van der Waals surface area contributed by atoms with E-state index >= 15 is 0 Å². The summed E-state index contributed by atoms with van der Waals surface area (Å²) in [6.07, 6.45) is 7.77. The van der Waals surface area contributed by atoms with Gasteiger partial charge in [-0.15, -0.1) is 0 Å². The van der Waals surface area contributed by atoms with Crippen LogP contribution >= 0.6 is 0 Å². The van der Waals surface area contributed by atoms with Crippen LogP contribution in [0.1, 0.15) is 31.4 Å². The maximum absolute atomic E-state index is 12.0. The number of ketones is 1. The lowest BCUT2D eigenvalue weighted by atomic mass is 9.85. The highest BCUT2D eigenvalue weighted by atomic mass is 16.1. The van der Waals surface area contributed by atoms with Crippen molar-refractivity contribution in [1.82, 2.24) is 15.3 Å². The van der Waals surface area contributed by atoms with E-state index in [2.05, 4.69) is 21.6 Å². The van der Waals surface area contributed by atoms with Gasteiger partial charge in [0, 0.05) is 18.7 Å².